The highest BCUT2D eigenvalue weighted by molar-refractivity contribution is 5.65. The predicted molar refractivity (Wildman–Crippen MR) is 96.7 cm³/mol. The number of allylic oxidation sites excluding steroid dienone is 10. The van der Waals surface area contributed by atoms with Gasteiger partial charge in [0.1, 0.15) is 11.5 Å². The molecule has 0 N–H and O–H groups in total. The van der Waals surface area contributed by atoms with Crippen LogP contribution in [0.1, 0.15) is 44.8 Å². The van der Waals surface area contributed by atoms with Gasteiger partial charge in [-0.15, -0.1) is 0 Å². The van der Waals surface area contributed by atoms with Crippen LogP contribution in [0.2, 0.25) is 0 Å². The highest BCUT2D eigenvalue weighted by Gasteiger charge is 2.08. The van der Waals surface area contributed by atoms with Crippen molar-refractivity contribution in [3.8, 4) is 0 Å². The number of hydrogen-bond donors (Lipinski definition) is 0. The maximum Gasteiger partial charge on any atom is 0.327 e. The van der Waals surface area contributed by atoms with Gasteiger partial charge in [-0.25, -0.2) is 4.42 Å². The first-order valence-corrected chi connectivity index (χ1v) is 7.87. The van der Waals surface area contributed by atoms with E-state index in [1.807, 2.05) is 27.7 Å². The van der Waals surface area contributed by atoms with Gasteiger partial charge >= 0.3 is 11.5 Å². The minimum atomic E-state index is 0.929. The molecular formula is C21H25O2+. The van der Waals surface area contributed by atoms with Crippen LogP contribution >= 0.6 is 0 Å². The Morgan fingerprint density at radius 3 is 2.09 bits per heavy atom. The van der Waals surface area contributed by atoms with Crippen LogP contribution in [0.25, 0.3) is 5.57 Å². The van der Waals surface area contributed by atoms with Crippen molar-refractivity contribution < 1.29 is 9.15 Å². The van der Waals surface area contributed by atoms with Gasteiger partial charge in [0.15, 0.2) is 0 Å². The van der Waals surface area contributed by atoms with E-state index < -0.39 is 0 Å². The lowest BCUT2D eigenvalue weighted by molar-refractivity contribution is 0.304. The fraction of sp³-hybridized carbons (Fsp3) is 0.286. The third-order valence-corrected chi connectivity index (χ3v) is 3.68. The van der Waals surface area contributed by atoms with E-state index in [1.165, 1.54) is 22.3 Å². The van der Waals surface area contributed by atoms with Gasteiger partial charge in [-0.3, -0.25) is 0 Å². The summed E-state index contributed by atoms with van der Waals surface area (Å²) in [7, 11) is 0. The molecule has 23 heavy (non-hydrogen) atoms. The van der Waals surface area contributed by atoms with E-state index in [-0.39, 0.29) is 0 Å². The summed E-state index contributed by atoms with van der Waals surface area (Å²) in [5, 5.41) is 0. The summed E-state index contributed by atoms with van der Waals surface area (Å²) in [6.45, 7) is 12.1. The lowest BCUT2D eigenvalue weighted by Crippen LogP contribution is -1.95. The predicted octanol–water partition coefficient (Wildman–Crippen LogP) is 6.29. The zero-order valence-corrected chi connectivity index (χ0v) is 14.9. The van der Waals surface area contributed by atoms with Crippen molar-refractivity contribution in [2.45, 2.75) is 41.5 Å². The molecule has 1 aromatic heterocycles. The SMILES string of the molecule is CC1=CC(=C(C)/C=C/C=C(\C)c2cc(C)[o+]c(C)c2)C=C(C)O1. The second kappa shape index (κ2) is 7.28. The summed E-state index contributed by atoms with van der Waals surface area (Å²) < 4.78 is 11.1. The summed E-state index contributed by atoms with van der Waals surface area (Å²) in [5.74, 6) is 3.72. The maximum absolute atomic E-state index is 5.53. The first-order chi connectivity index (χ1) is 10.8. The Labute approximate surface area is 139 Å². The van der Waals surface area contributed by atoms with Crippen LogP contribution < -0.4 is 0 Å². The third kappa shape index (κ3) is 4.82. The molecule has 1 aliphatic heterocycles. The van der Waals surface area contributed by atoms with Crippen LogP contribution in [0, 0.1) is 13.8 Å². The number of aryl methyl sites for hydroxylation is 2. The van der Waals surface area contributed by atoms with Crippen molar-refractivity contribution in [2.75, 3.05) is 0 Å². The second-order valence-corrected chi connectivity index (χ2v) is 6.03. The molecule has 2 nitrogen and oxygen atoms in total. The van der Waals surface area contributed by atoms with E-state index in [1.54, 1.807) is 0 Å². The monoisotopic (exact) mass is 309 g/mol. The molecule has 120 valence electrons. The molecule has 0 atom stereocenters. The fourth-order valence-corrected chi connectivity index (χ4v) is 2.57. The van der Waals surface area contributed by atoms with Crippen LogP contribution in [0.15, 0.2) is 69.6 Å². The van der Waals surface area contributed by atoms with Crippen LogP contribution in [-0.2, 0) is 4.74 Å². The molecule has 2 heteroatoms. The molecule has 1 aliphatic rings. The molecule has 1 aromatic rings. The Morgan fingerprint density at radius 2 is 1.52 bits per heavy atom. The van der Waals surface area contributed by atoms with Crippen molar-refractivity contribution in [3.05, 3.63) is 82.3 Å². The third-order valence-electron chi connectivity index (χ3n) is 3.68. The van der Waals surface area contributed by atoms with Gasteiger partial charge in [0.05, 0.1) is 13.8 Å². The van der Waals surface area contributed by atoms with Crippen molar-refractivity contribution in [3.63, 3.8) is 0 Å². The molecule has 0 radical (unpaired) electrons. The highest BCUT2D eigenvalue weighted by atomic mass is 16.5. The lowest BCUT2D eigenvalue weighted by Gasteiger charge is -2.13. The number of rotatable bonds is 3. The molecule has 0 saturated carbocycles. The molecule has 0 aliphatic carbocycles. The van der Waals surface area contributed by atoms with Crippen LogP contribution in [0.5, 0.6) is 0 Å². The molecule has 0 saturated heterocycles. The average Bonchev–Trinajstić information content (AvgIpc) is 2.44. The summed E-state index contributed by atoms with van der Waals surface area (Å²) in [4.78, 5) is 0. The van der Waals surface area contributed by atoms with Crippen molar-refractivity contribution >= 4 is 5.57 Å². The Balaban J connectivity index is 2.21. The summed E-state index contributed by atoms with van der Waals surface area (Å²) in [5.41, 5.74) is 4.82. The standard InChI is InChI=1S/C21H25O2/c1-14(20-10-16(3)22-17(4)11-20)8-7-9-15(2)21-12-18(5)23-19(6)13-21/h7-13H,1-6H3/q+1. The Hall–Kier alpha value is -2.35. The Bertz CT molecular complexity index is 716. The van der Waals surface area contributed by atoms with Crippen LogP contribution in [0.4, 0.5) is 0 Å². The van der Waals surface area contributed by atoms with Gasteiger partial charge in [0.25, 0.3) is 0 Å². The van der Waals surface area contributed by atoms with Gasteiger partial charge in [-0.05, 0) is 62.1 Å². The maximum atomic E-state index is 5.53. The van der Waals surface area contributed by atoms with Gasteiger partial charge in [-0.2, -0.15) is 0 Å². The molecule has 0 bridgehead atoms. The van der Waals surface area contributed by atoms with Crippen LogP contribution in [0.3, 0.4) is 0 Å². The van der Waals surface area contributed by atoms with E-state index in [2.05, 4.69) is 56.4 Å². The van der Waals surface area contributed by atoms with E-state index in [0.717, 1.165) is 23.0 Å². The first kappa shape index (κ1) is 17.0. The molecule has 2 rings (SSSR count). The van der Waals surface area contributed by atoms with Gasteiger partial charge in [-0.1, -0.05) is 18.2 Å². The minimum Gasteiger partial charge on any atom is -0.467 e. The zero-order valence-electron chi connectivity index (χ0n) is 14.9. The van der Waals surface area contributed by atoms with E-state index in [9.17, 15) is 0 Å². The molecule has 0 spiro atoms. The average molecular weight is 309 g/mol. The van der Waals surface area contributed by atoms with Gasteiger partial charge < -0.3 is 4.74 Å². The van der Waals surface area contributed by atoms with Gasteiger partial charge in [0, 0.05) is 12.1 Å². The van der Waals surface area contributed by atoms with Crippen LogP contribution in [-0.4, -0.2) is 0 Å². The Morgan fingerprint density at radius 1 is 0.957 bits per heavy atom. The quantitative estimate of drug-likeness (QED) is 0.483. The normalized spacial score (nSPS) is 15.4. The highest BCUT2D eigenvalue weighted by Crippen LogP contribution is 2.22. The largest absolute Gasteiger partial charge is 0.467 e. The fourth-order valence-electron chi connectivity index (χ4n) is 2.57. The van der Waals surface area contributed by atoms with Crippen molar-refractivity contribution in [2.24, 2.45) is 0 Å². The molecule has 0 fully saturated rings. The van der Waals surface area contributed by atoms with Crippen molar-refractivity contribution in [1.29, 1.82) is 0 Å². The number of ether oxygens (including phenoxy) is 1. The Kier molecular flexibility index (Phi) is 5.38. The van der Waals surface area contributed by atoms with Crippen molar-refractivity contribution in [1.82, 2.24) is 0 Å². The number of hydrogen-bond acceptors (Lipinski definition) is 1. The van der Waals surface area contributed by atoms with E-state index in [0.29, 0.717) is 0 Å². The molecule has 2 heterocycles. The zero-order chi connectivity index (χ0) is 17.0. The topological polar surface area (TPSA) is 20.5 Å². The summed E-state index contributed by atoms with van der Waals surface area (Å²) in [6.07, 6.45) is 10.5. The molecular weight excluding hydrogens is 284 g/mol. The first-order valence-electron chi connectivity index (χ1n) is 7.87. The second-order valence-electron chi connectivity index (χ2n) is 6.03. The minimum absolute atomic E-state index is 0.929. The smallest absolute Gasteiger partial charge is 0.327 e. The molecule has 0 amide bonds. The van der Waals surface area contributed by atoms with E-state index >= 15 is 0 Å². The van der Waals surface area contributed by atoms with E-state index in [4.69, 9.17) is 9.15 Å². The lowest BCUT2D eigenvalue weighted by atomic mass is 10.0. The molecule has 0 aromatic carbocycles. The van der Waals surface area contributed by atoms with Gasteiger partial charge in [0.2, 0.25) is 0 Å². The molecule has 0 unspecified atom stereocenters. The summed E-state index contributed by atoms with van der Waals surface area (Å²) >= 11 is 0. The summed E-state index contributed by atoms with van der Waals surface area (Å²) in [6, 6.07) is 4.13.